The highest BCUT2D eigenvalue weighted by molar-refractivity contribution is 8.18. The van der Waals surface area contributed by atoms with Gasteiger partial charge in [0.2, 0.25) is 0 Å². The van der Waals surface area contributed by atoms with E-state index in [4.69, 9.17) is 4.99 Å². The van der Waals surface area contributed by atoms with Crippen molar-refractivity contribution in [3.8, 4) is 0 Å². The van der Waals surface area contributed by atoms with Crippen LogP contribution in [0.15, 0.2) is 88.8 Å². The Morgan fingerprint density at radius 2 is 1.69 bits per heavy atom. The van der Waals surface area contributed by atoms with Crippen LogP contribution >= 0.6 is 11.8 Å². The van der Waals surface area contributed by atoms with Gasteiger partial charge in [0.15, 0.2) is 5.17 Å². The number of halogens is 1. The maximum Gasteiger partial charge on any atom is 0.267 e. The second-order valence-electron chi connectivity index (χ2n) is 9.65. The Morgan fingerprint density at radius 1 is 1.03 bits per heavy atom. The third-order valence-corrected chi connectivity index (χ3v) is 7.68. The number of benzene rings is 3. The van der Waals surface area contributed by atoms with Gasteiger partial charge in [0.05, 0.1) is 22.7 Å². The van der Waals surface area contributed by atoms with E-state index >= 15 is 4.39 Å². The zero-order valence-corrected chi connectivity index (χ0v) is 21.6. The summed E-state index contributed by atoms with van der Waals surface area (Å²) < 4.78 is 15.3. The fraction of sp³-hybridized carbons (Fsp3) is 0.200. The second-order valence-corrected chi connectivity index (χ2v) is 10.7. The lowest BCUT2D eigenvalue weighted by Crippen LogP contribution is -2.42. The molecular formula is C30H28FN3OS. The van der Waals surface area contributed by atoms with Crippen molar-refractivity contribution in [1.29, 1.82) is 0 Å². The molecule has 0 unspecified atom stereocenters. The highest BCUT2D eigenvalue weighted by Gasteiger charge is 2.34. The first kappa shape index (κ1) is 24.1. The van der Waals surface area contributed by atoms with Crippen LogP contribution in [0.2, 0.25) is 0 Å². The predicted molar refractivity (Wildman–Crippen MR) is 149 cm³/mol. The first-order valence-electron chi connectivity index (χ1n) is 11.9. The van der Waals surface area contributed by atoms with Crippen molar-refractivity contribution in [2.45, 2.75) is 32.9 Å². The topological polar surface area (TPSA) is 35.9 Å². The molecule has 0 aromatic heterocycles. The average molecular weight is 498 g/mol. The van der Waals surface area contributed by atoms with Crippen LogP contribution in [0.3, 0.4) is 0 Å². The van der Waals surface area contributed by atoms with Gasteiger partial charge in [-0.25, -0.2) is 9.38 Å². The van der Waals surface area contributed by atoms with E-state index in [1.165, 1.54) is 11.8 Å². The van der Waals surface area contributed by atoms with E-state index in [-0.39, 0.29) is 17.3 Å². The van der Waals surface area contributed by atoms with Gasteiger partial charge in [0, 0.05) is 23.9 Å². The van der Waals surface area contributed by atoms with Crippen LogP contribution in [-0.4, -0.2) is 28.6 Å². The minimum atomic E-state index is -0.352. The fourth-order valence-electron chi connectivity index (χ4n) is 4.55. The number of carbonyl (C=O) groups is 1. The maximum atomic E-state index is 15.3. The van der Waals surface area contributed by atoms with Crippen LogP contribution in [0.25, 0.3) is 11.6 Å². The number of aliphatic imine (C=N–C) groups is 1. The highest BCUT2D eigenvalue weighted by atomic mass is 32.2. The molecule has 0 N–H and O–H groups in total. The van der Waals surface area contributed by atoms with Gasteiger partial charge >= 0.3 is 0 Å². The number of thioether (sulfide) groups is 1. The Hall–Kier alpha value is -3.64. The van der Waals surface area contributed by atoms with Gasteiger partial charge in [-0.2, -0.15) is 0 Å². The molecule has 1 saturated heterocycles. The molecule has 0 aliphatic carbocycles. The molecule has 3 aromatic carbocycles. The number of para-hydroxylation sites is 1. The van der Waals surface area contributed by atoms with Gasteiger partial charge in [0.1, 0.15) is 5.82 Å². The standard InChI is InChI=1S/C30H28FN3OS/c1-20-18-30(2,3)33(4)26-17-25(31)22(15-24(20)26)16-27-28(35)34(19-21-11-7-5-8-12-21)29(36-27)32-23-13-9-6-10-14-23/h5-18H,19H2,1-4H3/b27-16+,32-29?. The highest BCUT2D eigenvalue weighted by Crippen LogP contribution is 2.41. The molecule has 36 heavy (non-hydrogen) atoms. The first-order chi connectivity index (χ1) is 17.2. The largest absolute Gasteiger partial charge is 0.365 e. The van der Waals surface area contributed by atoms with E-state index in [0.29, 0.717) is 22.2 Å². The molecule has 0 saturated carbocycles. The monoisotopic (exact) mass is 497 g/mol. The van der Waals surface area contributed by atoms with Crippen LogP contribution in [-0.2, 0) is 11.3 Å². The van der Waals surface area contributed by atoms with E-state index in [2.05, 4.69) is 24.8 Å². The maximum absolute atomic E-state index is 15.3. The lowest BCUT2D eigenvalue weighted by Gasteiger charge is -2.40. The molecule has 3 aromatic rings. The zero-order valence-electron chi connectivity index (χ0n) is 20.8. The summed E-state index contributed by atoms with van der Waals surface area (Å²) in [5.74, 6) is -0.531. The predicted octanol–water partition coefficient (Wildman–Crippen LogP) is 7.26. The molecule has 1 amide bonds. The van der Waals surface area contributed by atoms with Crippen LogP contribution in [0.1, 0.15) is 37.5 Å². The summed E-state index contributed by atoms with van der Waals surface area (Å²) in [7, 11) is 1.98. The summed E-state index contributed by atoms with van der Waals surface area (Å²) >= 11 is 1.28. The molecule has 0 radical (unpaired) electrons. The van der Waals surface area contributed by atoms with Crippen molar-refractivity contribution in [2.75, 3.05) is 11.9 Å². The van der Waals surface area contributed by atoms with Crippen molar-refractivity contribution in [1.82, 2.24) is 4.90 Å². The van der Waals surface area contributed by atoms with Crippen LogP contribution in [0.5, 0.6) is 0 Å². The lowest BCUT2D eigenvalue weighted by molar-refractivity contribution is -0.122. The zero-order chi connectivity index (χ0) is 25.4. The Balaban J connectivity index is 1.54. The van der Waals surface area contributed by atoms with E-state index in [1.54, 1.807) is 17.0 Å². The van der Waals surface area contributed by atoms with E-state index < -0.39 is 0 Å². The van der Waals surface area contributed by atoms with Crippen molar-refractivity contribution in [3.05, 3.63) is 106 Å². The number of likely N-dealkylation sites (N-methyl/N-ethyl adjacent to an activating group) is 1. The normalized spacial score (nSPS) is 19.1. The van der Waals surface area contributed by atoms with Gasteiger partial charge < -0.3 is 4.90 Å². The third kappa shape index (κ3) is 4.61. The number of rotatable bonds is 4. The Labute approximate surface area is 215 Å². The second kappa shape index (κ2) is 9.43. The number of amidine groups is 1. The summed E-state index contributed by atoms with van der Waals surface area (Å²) in [6.07, 6.45) is 3.84. The van der Waals surface area contributed by atoms with E-state index in [0.717, 1.165) is 28.1 Å². The van der Waals surface area contributed by atoms with Gasteiger partial charge in [-0.05, 0) is 74.0 Å². The van der Waals surface area contributed by atoms with Gasteiger partial charge in [-0.1, -0.05) is 54.6 Å². The molecule has 0 spiro atoms. The molecule has 1 fully saturated rings. The molecule has 2 aliphatic heterocycles. The number of hydrogen-bond donors (Lipinski definition) is 0. The minimum Gasteiger partial charge on any atom is -0.365 e. The number of fused-ring (bicyclic) bond motifs is 1. The van der Waals surface area contributed by atoms with E-state index in [1.807, 2.05) is 80.7 Å². The van der Waals surface area contributed by atoms with Crippen LogP contribution in [0, 0.1) is 5.82 Å². The quantitative estimate of drug-likeness (QED) is 0.356. The Morgan fingerprint density at radius 3 is 2.39 bits per heavy atom. The molecule has 0 bridgehead atoms. The van der Waals surface area contributed by atoms with Crippen molar-refractivity contribution >= 4 is 45.9 Å². The van der Waals surface area contributed by atoms with Gasteiger partial charge in [-0.3, -0.25) is 9.69 Å². The third-order valence-electron chi connectivity index (χ3n) is 6.67. The number of hydrogen-bond acceptors (Lipinski definition) is 4. The summed E-state index contributed by atoms with van der Waals surface area (Å²) in [6.45, 7) is 6.65. The van der Waals surface area contributed by atoms with E-state index in [9.17, 15) is 4.79 Å². The van der Waals surface area contributed by atoms with Crippen LogP contribution < -0.4 is 4.90 Å². The summed E-state index contributed by atoms with van der Waals surface area (Å²) in [5.41, 5.74) is 4.86. The van der Waals surface area contributed by atoms with Gasteiger partial charge in [0.25, 0.3) is 5.91 Å². The fourth-order valence-corrected chi connectivity index (χ4v) is 5.54. The molecular weight excluding hydrogens is 469 g/mol. The number of amides is 1. The van der Waals surface area contributed by atoms with Gasteiger partial charge in [-0.15, -0.1) is 0 Å². The molecule has 182 valence electrons. The molecule has 2 heterocycles. The summed E-state index contributed by atoms with van der Waals surface area (Å²) in [5, 5.41) is 0.581. The molecule has 5 rings (SSSR count). The Kier molecular flexibility index (Phi) is 6.31. The smallest absolute Gasteiger partial charge is 0.267 e. The molecule has 0 atom stereocenters. The number of anilines is 1. The summed E-state index contributed by atoms with van der Waals surface area (Å²) in [6, 6.07) is 22.8. The number of allylic oxidation sites excluding steroid dienone is 1. The van der Waals surface area contributed by atoms with Crippen molar-refractivity contribution < 1.29 is 9.18 Å². The summed E-state index contributed by atoms with van der Waals surface area (Å²) in [4.78, 5) is 22.5. The molecule has 2 aliphatic rings. The van der Waals surface area contributed by atoms with Crippen molar-refractivity contribution in [3.63, 3.8) is 0 Å². The first-order valence-corrected chi connectivity index (χ1v) is 12.7. The average Bonchev–Trinajstić information content (AvgIpc) is 3.13. The number of carbonyl (C=O) groups excluding carboxylic acids is 1. The molecule has 4 nitrogen and oxygen atoms in total. The number of nitrogens with zero attached hydrogens (tertiary/aromatic N) is 3. The van der Waals surface area contributed by atoms with Crippen molar-refractivity contribution in [2.24, 2.45) is 4.99 Å². The Bertz CT molecular complexity index is 1410. The SMILES string of the molecule is CC1=CC(C)(C)N(C)c2cc(F)c(/C=C3/SC(=Nc4ccccc4)N(Cc4ccccc4)C3=O)cc21. The van der Waals surface area contributed by atoms with Crippen LogP contribution in [0.4, 0.5) is 15.8 Å². The minimum absolute atomic E-state index is 0.179. The lowest BCUT2D eigenvalue weighted by atomic mass is 9.88. The molecule has 6 heteroatoms.